The standard InChI is InChI=1S/C22H25FN2O3/c1-3-26-10-11-27-15-18-7-5-9-20(16(18)2)24-14-22-25-13-21(28-22)17-6-4-8-19(23)12-17/h4-9,12-13,24H,3,10-11,14-15H2,1-2H3. The molecule has 0 atom stereocenters. The number of nitrogens with one attached hydrogen (secondary N) is 1. The highest BCUT2D eigenvalue weighted by atomic mass is 19.1. The summed E-state index contributed by atoms with van der Waals surface area (Å²) in [5, 5.41) is 3.35. The van der Waals surface area contributed by atoms with Crippen LogP contribution in [0.3, 0.4) is 0 Å². The zero-order valence-corrected chi connectivity index (χ0v) is 16.2. The molecule has 3 aromatic rings. The molecular formula is C22H25FN2O3. The molecule has 0 fully saturated rings. The Kier molecular flexibility index (Phi) is 7.17. The summed E-state index contributed by atoms with van der Waals surface area (Å²) in [6.45, 7) is 6.87. The van der Waals surface area contributed by atoms with Gasteiger partial charge in [-0.05, 0) is 43.2 Å². The third-order valence-corrected chi connectivity index (χ3v) is 4.37. The Morgan fingerprint density at radius 3 is 2.75 bits per heavy atom. The van der Waals surface area contributed by atoms with Crippen molar-refractivity contribution in [2.45, 2.75) is 27.0 Å². The van der Waals surface area contributed by atoms with E-state index in [1.807, 2.05) is 25.1 Å². The Morgan fingerprint density at radius 2 is 1.93 bits per heavy atom. The minimum Gasteiger partial charge on any atom is -0.439 e. The summed E-state index contributed by atoms with van der Waals surface area (Å²) in [7, 11) is 0. The molecule has 5 nitrogen and oxygen atoms in total. The Labute approximate surface area is 164 Å². The van der Waals surface area contributed by atoms with Crippen LogP contribution in [0.15, 0.2) is 53.1 Å². The van der Waals surface area contributed by atoms with Crippen LogP contribution in [-0.2, 0) is 22.6 Å². The van der Waals surface area contributed by atoms with Crippen LogP contribution in [0.1, 0.15) is 23.9 Å². The van der Waals surface area contributed by atoms with Gasteiger partial charge in [-0.25, -0.2) is 9.37 Å². The second-order valence-electron chi connectivity index (χ2n) is 6.32. The summed E-state index contributed by atoms with van der Waals surface area (Å²) in [6.07, 6.45) is 1.61. The maximum atomic E-state index is 13.4. The predicted molar refractivity (Wildman–Crippen MR) is 107 cm³/mol. The first-order valence-electron chi connectivity index (χ1n) is 9.36. The second kappa shape index (κ2) is 10.0. The van der Waals surface area contributed by atoms with E-state index >= 15 is 0 Å². The van der Waals surface area contributed by atoms with Crippen molar-refractivity contribution in [1.82, 2.24) is 4.98 Å². The van der Waals surface area contributed by atoms with E-state index in [0.29, 0.717) is 50.2 Å². The van der Waals surface area contributed by atoms with E-state index < -0.39 is 0 Å². The Hall–Kier alpha value is -2.70. The van der Waals surface area contributed by atoms with Gasteiger partial charge in [-0.2, -0.15) is 0 Å². The minimum atomic E-state index is -0.301. The molecule has 1 heterocycles. The fraction of sp³-hybridized carbons (Fsp3) is 0.318. The molecule has 1 aromatic heterocycles. The van der Waals surface area contributed by atoms with Gasteiger partial charge >= 0.3 is 0 Å². The van der Waals surface area contributed by atoms with Crippen molar-refractivity contribution in [2.24, 2.45) is 0 Å². The van der Waals surface area contributed by atoms with Crippen LogP contribution in [0, 0.1) is 12.7 Å². The van der Waals surface area contributed by atoms with Crippen LogP contribution in [-0.4, -0.2) is 24.8 Å². The molecule has 1 N–H and O–H groups in total. The summed E-state index contributed by atoms with van der Waals surface area (Å²) >= 11 is 0. The van der Waals surface area contributed by atoms with Crippen molar-refractivity contribution in [2.75, 3.05) is 25.1 Å². The van der Waals surface area contributed by atoms with Gasteiger partial charge < -0.3 is 19.2 Å². The molecule has 0 unspecified atom stereocenters. The highest BCUT2D eigenvalue weighted by Gasteiger charge is 2.09. The van der Waals surface area contributed by atoms with Crippen LogP contribution in [0.25, 0.3) is 11.3 Å². The lowest BCUT2D eigenvalue weighted by atomic mass is 10.1. The highest BCUT2D eigenvalue weighted by Crippen LogP contribution is 2.23. The molecule has 0 amide bonds. The summed E-state index contributed by atoms with van der Waals surface area (Å²) in [5.74, 6) is 0.783. The number of anilines is 1. The third kappa shape index (κ3) is 5.41. The van der Waals surface area contributed by atoms with E-state index in [4.69, 9.17) is 13.9 Å². The van der Waals surface area contributed by atoms with E-state index in [9.17, 15) is 4.39 Å². The molecule has 0 spiro atoms. The molecule has 0 saturated heterocycles. The van der Waals surface area contributed by atoms with E-state index in [1.54, 1.807) is 18.3 Å². The van der Waals surface area contributed by atoms with Crippen molar-refractivity contribution >= 4 is 5.69 Å². The van der Waals surface area contributed by atoms with Crippen LogP contribution < -0.4 is 5.32 Å². The molecule has 0 radical (unpaired) electrons. The van der Waals surface area contributed by atoms with Gasteiger partial charge in [0.15, 0.2) is 5.76 Å². The highest BCUT2D eigenvalue weighted by molar-refractivity contribution is 5.56. The van der Waals surface area contributed by atoms with Crippen LogP contribution in [0.5, 0.6) is 0 Å². The molecule has 0 aliphatic heterocycles. The van der Waals surface area contributed by atoms with Gasteiger partial charge in [-0.1, -0.05) is 24.3 Å². The van der Waals surface area contributed by atoms with Gasteiger partial charge in [0.05, 0.1) is 32.6 Å². The molecule has 6 heteroatoms. The summed E-state index contributed by atoms with van der Waals surface area (Å²) in [6, 6.07) is 12.3. The molecule has 2 aromatic carbocycles. The van der Waals surface area contributed by atoms with Gasteiger partial charge in [-0.15, -0.1) is 0 Å². The topological polar surface area (TPSA) is 56.5 Å². The average molecular weight is 384 g/mol. The van der Waals surface area contributed by atoms with E-state index in [1.165, 1.54) is 12.1 Å². The lowest BCUT2D eigenvalue weighted by Gasteiger charge is -2.13. The number of hydrogen-bond acceptors (Lipinski definition) is 5. The van der Waals surface area contributed by atoms with Gasteiger partial charge in [0.1, 0.15) is 5.82 Å². The third-order valence-electron chi connectivity index (χ3n) is 4.37. The lowest BCUT2D eigenvalue weighted by molar-refractivity contribution is 0.0451. The van der Waals surface area contributed by atoms with Gasteiger partial charge in [0.25, 0.3) is 0 Å². The molecule has 0 bridgehead atoms. The molecule has 0 aliphatic rings. The quantitative estimate of drug-likeness (QED) is 0.501. The van der Waals surface area contributed by atoms with Gasteiger partial charge in [-0.3, -0.25) is 0 Å². The van der Waals surface area contributed by atoms with E-state index in [-0.39, 0.29) is 5.82 Å². The maximum absolute atomic E-state index is 13.4. The van der Waals surface area contributed by atoms with Crippen LogP contribution in [0.4, 0.5) is 10.1 Å². The maximum Gasteiger partial charge on any atom is 0.214 e. The zero-order chi connectivity index (χ0) is 19.8. The van der Waals surface area contributed by atoms with Crippen molar-refractivity contribution in [3.63, 3.8) is 0 Å². The number of halogens is 1. The Bertz CT molecular complexity index is 895. The number of benzene rings is 2. The predicted octanol–water partition coefficient (Wildman–Crippen LogP) is 4.95. The fourth-order valence-electron chi connectivity index (χ4n) is 2.81. The minimum absolute atomic E-state index is 0.301. The smallest absolute Gasteiger partial charge is 0.214 e. The number of nitrogens with zero attached hydrogens (tertiary/aromatic N) is 1. The fourth-order valence-corrected chi connectivity index (χ4v) is 2.81. The molecule has 0 saturated carbocycles. The Morgan fingerprint density at radius 1 is 1.11 bits per heavy atom. The van der Waals surface area contributed by atoms with Crippen molar-refractivity contribution in [3.8, 4) is 11.3 Å². The first-order valence-corrected chi connectivity index (χ1v) is 9.36. The van der Waals surface area contributed by atoms with E-state index in [0.717, 1.165) is 16.8 Å². The SMILES string of the molecule is CCOCCOCc1cccc(NCc2ncc(-c3cccc(F)c3)o2)c1C. The number of rotatable bonds is 10. The average Bonchev–Trinajstić information content (AvgIpc) is 3.17. The van der Waals surface area contributed by atoms with Gasteiger partial charge in [0.2, 0.25) is 5.89 Å². The van der Waals surface area contributed by atoms with E-state index in [2.05, 4.69) is 17.2 Å². The monoisotopic (exact) mass is 384 g/mol. The van der Waals surface area contributed by atoms with Gasteiger partial charge in [0, 0.05) is 17.9 Å². The van der Waals surface area contributed by atoms with Crippen molar-refractivity contribution < 1.29 is 18.3 Å². The number of aromatic nitrogens is 1. The molecule has 148 valence electrons. The Balaban J connectivity index is 1.58. The molecule has 28 heavy (non-hydrogen) atoms. The normalized spacial score (nSPS) is 11.0. The number of oxazole rings is 1. The summed E-state index contributed by atoms with van der Waals surface area (Å²) in [4.78, 5) is 4.28. The molecular weight excluding hydrogens is 359 g/mol. The second-order valence-corrected chi connectivity index (χ2v) is 6.32. The molecule has 0 aliphatic carbocycles. The van der Waals surface area contributed by atoms with Crippen molar-refractivity contribution in [3.05, 3.63) is 71.5 Å². The van der Waals surface area contributed by atoms with Crippen LogP contribution >= 0.6 is 0 Å². The summed E-state index contributed by atoms with van der Waals surface area (Å²) in [5.41, 5.74) is 3.91. The van der Waals surface area contributed by atoms with Crippen LogP contribution in [0.2, 0.25) is 0 Å². The largest absolute Gasteiger partial charge is 0.439 e. The first kappa shape index (κ1) is 20.0. The summed E-state index contributed by atoms with van der Waals surface area (Å²) < 4.78 is 30.1. The number of hydrogen-bond donors (Lipinski definition) is 1. The molecule has 3 rings (SSSR count). The lowest BCUT2D eigenvalue weighted by Crippen LogP contribution is -2.06. The number of ether oxygens (including phenoxy) is 2. The van der Waals surface area contributed by atoms with Crippen molar-refractivity contribution in [1.29, 1.82) is 0 Å². The first-order chi connectivity index (χ1) is 13.7. The zero-order valence-electron chi connectivity index (χ0n) is 16.2.